The summed E-state index contributed by atoms with van der Waals surface area (Å²) in [4.78, 5) is 4.94. The number of aryl methyl sites for hydroxylation is 2. The quantitative estimate of drug-likeness (QED) is 0.782. The number of fused-ring (bicyclic) bond motifs is 1. The van der Waals surface area contributed by atoms with Gasteiger partial charge in [0.1, 0.15) is 6.17 Å². The molecule has 1 heterocycles. The molecule has 0 aliphatic carbocycles. The van der Waals surface area contributed by atoms with Gasteiger partial charge in [-0.25, -0.2) is 0 Å². The van der Waals surface area contributed by atoms with E-state index in [2.05, 4.69) is 80.0 Å². The van der Waals surface area contributed by atoms with Crippen LogP contribution in [0.2, 0.25) is 0 Å². The Hall–Kier alpha value is -1.96. The van der Waals surface area contributed by atoms with Gasteiger partial charge in [0.2, 0.25) is 0 Å². The molecule has 0 amide bonds. The van der Waals surface area contributed by atoms with Crippen molar-refractivity contribution in [3.05, 3.63) is 53.6 Å². The maximum Gasteiger partial charge on any atom is 0.104 e. The van der Waals surface area contributed by atoms with E-state index in [1.807, 2.05) is 0 Å². The van der Waals surface area contributed by atoms with Gasteiger partial charge in [-0.05, 0) is 51.0 Å². The molecule has 1 atom stereocenters. The van der Waals surface area contributed by atoms with Gasteiger partial charge in [-0.2, -0.15) is 0 Å². The van der Waals surface area contributed by atoms with E-state index in [0.717, 1.165) is 6.54 Å². The number of benzene rings is 2. The zero-order valence-corrected chi connectivity index (χ0v) is 12.7. The molecule has 1 aliphatic rings. The van der Waals surface area contributed by atoms with Crippen molar-refractivity contribution < 1.29 is 0 Å². The predicted molar refractivity (Wildman–Crippen MR) is 87.0 cm³/mol. The van der Waals surface area contributed by atoms with Gasteiger partial charge >= 0.3 is 0 Å². The minimum atomic E-state index is 0.359. The van der Waals surface area contributed by atoms with Crippen LogP contribution in [-0.4, -0.2) is 12.7 Å². The van der Waals surface area contributed by atoms with Crippen LogP contribution < -0.4 is 9.80 Å². The lowest BCUT2D eigenvalue weighted by Crippen LogP contribution is -2.38. The smallest absolute Gasteiger partial charge is 0.104 e. The highest BCUT2D eigenvalue weighted by Gasteiger charge is 2.33. The number of rotatable bonds is 2. The van der Waals surface area contributed by atoms with Gasteiger partial charge in [-0.15, -0.1) is 0 Å². The Balaban J connectivity index is 2.20. The van der Waals surface area contributed by atoms with Crippen LogP contribution in [0.1, 0.15) is 25.0 Å². The summed E-state index contributed by atoms with van der Waals surface area (Å²) in [7, 11) is 0. The van der Waals surface area contributed by atoms with Crippen LogP contribution in [0.3, 0.4) is 0 Å². The summed E-state index contributed by atoms with van der Waals surface area (Å²) < 4.78 is 0. The third-order valence-electron chi connectivity index (χ3n) is 4.30. The summed E-state index contributed by atoms with van der Waals surface area (Å²) in [6, 6.07) is 15.3. The van der Waals surface area contributed by atoms with E-state index in [0.29, 0.717) is 6.17 Å². The summed E-state index contributed by atoms with van der Waals surface area (Å²) in [5.41, 5.74) is 6.68. The average Bonchev–Trinajstić information content (AvgIpc) is 2.71. The highest BCUT2D eigenvalue weighted by Crippen LogP contribution is 2.45. The van der Waals surface area contributed by atoms with E-state index in [-0.39, 0.29) is 0 Å². The van der Waals surface area contributed by atoms with Crippen LogP contribution in [0.5, 0.6) is 0 Å². The predicted octanol–water partition coefficient (Wildman–Crippen LogP) is 4.63. The topological polar surface area (TPSA) is 6.48 Å². The Morgan fingerprint density at radius 2 is 1.50 bits per heavy atom. The first kappa shape index (κ1) is 13.0. The standard InChI is InChI=1S/C18H22N2/c1-5-19-15(4)20(17-12-7-6-11-16(17)19)18-13(2)9-8-10-14(18)3/h6-12,15H,5H2,1-4H3/t15-/m1/s1. The van der Waals surface area contributed by atoms with Crippen molar-refractivity contribution in [3.63, 3.8) is 0 Å². The molecule has 0 fully saturated rings. The van der Waals surface area contributed by atoms with Crippen molar-refractivity contribution in [1.29, 1.82) is 0 Å². The van der Waals surface area contributed by atoms with Crippen LogP contribution >= 0.6 is 0 Å². The fourth-order valence-corrected chi connectivity index (χ4v) is 3.38. The van der Waals surface area contributed by atoms with Gasteiger partial charge in [0.25, 0.3) is 0 Å². The van der Waals surface area contributed by atoms with Crippen molar-refractivity contribution in [2.45, 2.75) is 33.9 Å². The van der Waals surface area contributed by atoms with Crippen molar-refractivity contribution in [2.75, 3.05) is 16.3 Å². The molecule has 0 bridgehead atoms. The van der Waals surface area contributed by atoms with Gasteiger partial charge in [-0.3, -0.25) is 0 Å². The lowest BCUT2D eigenvalue weighted by Gasteiger charge is -2.31. The molecule has 3 rings (SSSR count). The maximum absolute atomic E-state index is 2.48. The fraction of sp³-hybridized carbons (Fsp3) is 0.333. The van der Waals surface area contributed by atoms with E-state index in [1.165, 1.54) is 28.2 Å². The van der Waals surface area contributed by atoms with Crippen LogP contribution in [0.4, 0.5) is 17.1 Å². The van der Waals surface area contributed by atoms with Crippen LogP contribution in [-0.2, 0) is 0 Å². The molecule has 0 saturated heterocycles. The molecule has 20 heavy (non-hydrogen) atoms. The highest BCUT2D eigenvalue weighted by molar-refractivity contribution is 5.85. The number of para-hydroxylation sites is 3. The van der Waals surface area contributed by atoms with Crippen LogP contribution in [0.25, 0.3) is 0 Å². The van der Waals surface area contributed by atoms with E-state index >= 15 is 0 Å². The molecule has 0 N–H and O–H groups in total. The lowest BCUT2D eigenvalue weighted by atomic mass is 10.1. The third-order valence-corrected chi connectivity index (χ3v) is 4.30. The Labute approximate surface area is 121 Å². The summed E-state index contributed by atoms with van der Waals surface area (Å²) >= 11 is 0. The number of hydrogen-bond acceptors (Lipinski definition) is 2. The Morgan fingerprint density at radius 1 is 0.900 bits per heavy atom. The minimum absolute atomic E-state index is 0.359. The van der Waals surface area contributed by atoms with Crippen molar-refractivity contribution in [1.82, 2.24) is 0 Å². The molecule has 0 spiro atoms. The van der Waals surface area contributed by atoms with E-state index < -0.39 is 0 Å². The number of anilines is 3. The summed E-state index contributed by atoms with van der Waals surface area (Å²) in [6.07, 6.45) is 0.359. The maximum atomic E-state index is 2.48. The van der Waals surface area contributed by atoms with Gasteiger partial charge in [0.15, 0.2) is 0 Å². The molecule has 2 aromatic carbocycles. The molecule has 2 aromatic rings. The summed E-state index contributed by atoms with van der Waals surface area (Å²) in [5, 5.41) is 0. The van der Waals surface area contributed by atoms with Crippen LogP contribution in [0, 0.1) is 13.8 Å². The van der Waals surface area contributed by atoms with Gasteiger partial charge < -0.3 is 9.80 Å². The molecule has 0 unspecified atom stereocenters. The van der Waals surface area contributed by atoms with E-state index in [4.69, 9.17) is 0 Å². The summed E-state index contributed by atoms with van der Waals surface area (Å²) in [6.45, 7) is 9.94. The van der Waals surface area contributed by atoms with Gasteiger partial charge in [0, 0.05) is 12.2 Å². The fourth-order valence-electron chi connectivity index (χ4n) is 3.38. The second-order valence-electron chi connectivity index (χ2n) is 5.52. The van der Waals surface area contributed by atoms with Gasteiger partial charge in [0.05, 0.1) is 11.4 Å². The monoisotopic (exact) mass is 266 g/mol. The molecule has 2 heteroatoms. The normalized spacial score (nSPS) is 17.5. The van der Waals surface area contributed by atoms with Crippen molar-refractivity contribution >= 4 is 17.1 Å². The molecule has 104 valence electrons. The molecular formula is C18H22N2. The van der Waals surface area contributed by atoms with Crippen molar-refractivity contribution in [2.24, 2.45) is 0 Å². The summed E-state index contributed by atoms with van der Waals surface area (Å²) in [5.74, 6) is 0. The van der Waals surface area contributed by atoms with E-state index in [1.54, 1.807) is 0 Å². The van der Waals surface area contributed by atoms with E-state index in [9.17, 15) is 0 Å². The van der Waals surface area contributed by atoms with Crippen molar-refractivity contribution in [3.8, 4) is 0 Å². The Bertz CT molecular complexity index is 613. The third kappa shape index (κ3) is 1.79. The highest BCUT2D eigenvalue weighted by atomic mass is 15.4. The Kier molecular flexibility index (Phi) is 3.17. The lowest BCUT2D eigenvalue weighted by molar-refractivity contribution is 0.690. The molecule has 1 aliphatic heterocycles. The molecule has 0 saturated carbocycles. The second-order valence-corrected chi connectivity index (χ2v) is 5.52. The average molecular weight is 266 g/mol. The van der Waals surface area contributed by atoms with Gasteiger partial charge in [-0.1, -0.05) is 30.3 Å². The van der Waals surface area contributed by atoms with Crippen LogP contribution in [0.15, 0.2) is 42.5 Å². The molecule has 0 radical (unpaired) electrons. The first-order valence-electron chi connectivity index (χ1n) is 7.36. The molecule has 0 aromatic heterocycles. The first-order chi connectivity index (χ1) is 9.65. The first-order valence-corrected chi connectivity index (χ1v) is 7.36. The molecule has 2 nitrogen and oxygen atoms in total. The number of nitrogens with zero attached hydrogens (tertiary/aromatic N) is 2. The zero-order chi connectivity index (χ0) is 14.3. The SMILES string of the molecule is CCN1c2ccccc2N(c2c(C)cccc2C)[C@@H]1C. The zero-order valence-electron chi connectivity index (χ0n) is 12.7. The minimum Gasteiger partial charge on any atom is -0.350 e. The largest absolute Gasteiger partial charge is 0.350 e. The number of hydrogen-bond donors (Lipinski definition) is 0. The molecular weight excluding hydrogens is 244 g/mol. The second kappa shape index (κ2) is 4.86. The Morgan fingerprint density at radius 3 is 2.10 bits per heavy atom.